The monoisotopic (exact) mass is 336 g/mol. The van der Waals surface area contributed by atoms with E-state index in [4.69, 9.17) is 11.6 Å². The first kappa shape index (κ1) is 18.3. The topological polar surface area (TPSA) is 49.4 Å². The van der Waals surface area contributed by atoms with Crippen molar-refractivity contribution >= 4 is 29.1 Å². The maximum Gasteiger partial charge on any atom is 0.418 e. The van der Waals surface area contributed by atoms with Gasteiger partial charge in [0, 0.05) is 18.0 Å². The van der Waals surface area contributed by atoms with Gasteiger partial charge in [-0.2, -0.15) is 13.2 Å². The fraction of sp³-hybridized carbons (Fsp3) is 0.429. The van der Waals surface area contributed by atoms with Crippen LogP contribution < -0.4 is 5.32 Å². The van der Waals surface area contributed by atoms with Crippen LogP contribution in [0.1, 0.15) is 26.3 Å². The standard InChI is InChI=1S/C14H16ClF3N2O2/c1-8(2)20(9(3)21)7-13(22)19-12-5-4-10(15)6-11(12)14(16,17)18/h4-6,8H,7H2,1-3H3,(H,19,22). The summed E-state index contributed by atoms with van der Waals surface area (Å²) in [5.74, 6) is -1.05. The molecule has 0 aliphatic rings. The molecular formula is C14H16ClF3N2O2. The van der Waals surface area contributed by atoms with Crippen molar-refractivity contribution in [2.24, 2.45) is 0 Å². The third-order valence-corrected chi connectivity index (χ3v) is 3.14. The number of nitrogens with zero attached hydrogens (tertiary/aromatic N) is 1. The zero-order chi connectivity index (χ0) is 17.1. The van der Waals surface area contributed by atoms with Gasteiger partial charge in [-0.15, -0.1) is 0 Å². The Balaban J connectivity index is 2.96. The molecule has 0 aliphatic carbocycles. The lowest BCUT2D eigenvalue weighted by Gasteiger charge is -2.25. The normalized spacial score (nSPS) is 11.5. The molecule has 0 radical (unpaired) electrons. The van der Waals surface area contributed by atoms with Crippen LogP contribution in [-0.2, 0) is 15.8 Å². The molecule has 0 saturated heterocycles. The van der Waals surface area contributed by atoms with Crippen molar-refractivity contribution in [1.29, 1.82) is 0 Å². The summed E-state index contributed by atoms with van der Waals surface area (Å²) in [4.78, 5) is 24.5. The Morgan fingerprint density at radius 3 is 2.36 bits per heavy atom. The molecule has 4 nitrogen and oxygen atoms in total. The number of carbonyl (C=O) groups is 2. The third kappa shape index (κ3) is 4.91. The van der Waals surface area contributed by atoms with Crippen LogP contribution in [-0.4, -0.2) is 29.3 Å². The SMILES string of the molecule is CC(=O)N(CC(=O)Nc1ccc(Cl)cc1C(F)(F)F)C(C)C. The van der Waals surface area contributed by atoms with E-state index in [0.717, 1.165) is 12.1 Å². The molecule has 0 atom stereocenters. The highest BCUT2D eigenvalue weighted by molar-refractivity contribution is 6.30. The Hall–Kier alpha value is -1.76. The summed E-state index contributed by atoms with van der Waals surface area (Å²) in [7, 11) is 0. The Labute approximate surface area is 131 Å². The number of alkyl halides is 3. The van der Waals surface area contributed by atoms with Crippen LogP contribution >= 0.6 is 11.6 Å². The van der Waals surface area contributed by atoms with Crippen molar-refractivity contribution in [3.05, 3.63) is 28.8 Å². The maximum absolute atomic E-state index is 12.9. The van der Waals surface area contributed by atoms with Crippen molar-refractivity contribution in [2.75, 3.05) is 11.9 Å². The summed E-state index contributed by atoms with van der Waals surface area (Å²) >= 11 is 5.56. The van der Waals surface area contributed by atoms with E-state index in [2.05, 4.69) is 5.32 Å². The third-order valence-electron chi connectivity index (χ3n) is 2.90. The minimum atomic E-state index is -4.65. The van der Waals surface area contributed by atoms with Crippen LogP contribution in [0.15, 0.2) is 18.2 Å². The molecule has 2 amide bonds. The van der Waals surface area contributed by atoms with Gasteiger partial charge in [-0.25, -0.2) is 0 Å². The predicted octanol–water partition coefficient (Wildman–Crippen LogP) is 3.55. The molecule has 22 heavy (non-hydrogen) atoms. The van der Waals surface area contributed by atoms with E-state index in [0.29, 0.717) is 0 Å². The number of hydrogen-bond donors (Lipinski definition) is 1. The van der Waals surface area contributed by atoms with E-state index in [9.17, 15) is 22.8 Å². The number of benzene rings is 1. The van der Waals surface area contributed by atoms with E-state index >= 15 is 0 Å². The van der Waals surface area contributed by atoms with Gasteiger partial charge in [0.2, 0.25) is 11.8 Å². The second-order valence-electron chi connectivity index (χ2n) is 4.98. The molecule has 1 aromatic carbocycles. The molecule has 0 bridgehead atoms. The highest BCUT2D eigenvalue weighted by Crippen LogP contribution is 2.36. The van der Waals surface area contributed by atoms with Crippen LogP contribution in [0.2, 0.25) is 5.02 Å². The summed E-state index contributed by atoms with van der Waals surface area (Å²) in [5.41, 5.74) is -1.43. The Morgan fingerprint density at radius 2 is 1.91 bits per heavy atom. The highest BCUT2D eigenvalue weighted by atomic mass is 35.5. The Kier molecular flexibility index (Phi) is 5.82. The molecule has 8 heteroatoms. The van der Waals surface area contributed by atoms with Crippen molar-refractivity contribution in [3.63, 3.8) is 0 Å². The number of carbonyl (C=O) groups excluding carboxylic acids is 2. The molecule has 122 valence electrons. The van der Waals surface area contributed by atoms with Gasteiger partial charge in [-0.05, 0) is 32.0 Å². The minimum absolute atomic E-state index is 0.0853. The number of amides is 2. The van der Waals surface area contributed by atoms with Gasteiger partial charge in [0.05, 0.1) is 11.3 Å². The average Bonchev–Trinajstić information content (AvgIpc) is 2.36. The number of nitrogens with one attached hydrogen (secondary N) is 1. The molecule has 0 fully saturated rings. The van der Waals surface area contributed by atoms with Gasteiger partial charge in [-0.1, -0.05) is 11.6 Å². The smallest absolute Gasteiger partial charge is 0.331 e. The largest absolute Gasteiger partial charge is 0.418 e. The summed E-state index contributed by atoms with van der Waals surface area (Å²) < 4.78 is 38.8. The van der Waals surface area contributed by atoms with Crippen LogP contribution in [0.5, 0.6) is 0 Å². The van der Waals surface area contributed by atoms with E-state index < -0.39 is 23.3 Å². The van der Waals surface area contributed by atoms with Gasteiger partial charge < -0.3 is 10.2 Å². The lowest BCUT2D eigenvalue weighted by Crippen LogP contribution is -2.41. The second kappa shape index (κ2) is 7.00. The van der Waals surface area contributed by atoms with E-state index in [1.54, 1.807) is 13.8 Å². The van der Waals surface area contributed by atoms with Crippen LogP contribution in [0.25, 0.3) is 0 Å². The number of halogens is 4. The van der Waals surface area contributed by atoms with E-state index in [1.807, 2.05) is 0 Å². The summed E-state index contributed by atoms with van der Waals surface area (Å²) in [6, 6.07) is 2.83. The highest BCUT2D eigenvalue weighted by Gasteiger charge is 2.34. The fourth-order valence-corrected chi connectivity index (χ4v) is 2.03. The maximum atomic E-state index is 12.9. The van der Waals surface area contributed by atoms with Gasteiger partial charge in [0.25, 0.3) is 0 Å². The van der Waals surface area contributed by atoms with Gasteiger partial charge in [0.1, 0.15) is 6.54 Å². The first-order valence-electron chi connectivity index (χ1n) is 6.46. The minimum Gasteiger partial charge on any atom is -0.331 e. The average molecular weight is 337 g/mol. The first-order chi connectivity index (χ1) is 10.0. The van der Waals surface area contributed by atoms with Crippen LogP contribution in [0.3, 0.4) is 0 Å². The van der Waals surface area contributed by atoms with Crippen LogP contribution in [0.4, 0.5) is 18.9 Å². The zero-order valence-electron chi connectivity index (χ0n) is 12.3. The summed E-state index contributed by atoms with van der Waals surface area (Å²) in [6.07, 6.45) is -4.65. The molecule has 0 heterocycles. The molecule has 0 spiro atoms. The second-order valence-corrected chi connectivity index (χ2v) is 5.41. The number of hydrogen-bond acceptors (Lipinski definition) is 2. The molecule has 0 aromatic heterocycles. The lowest BCUT2D eigenvalue weighted by atomic mass is 10.1. The lowest BCUT2D eigenvalue weighted by molar-refractivity contribution is -0.137. The van der Waals surface area contributed by atoms with Crippen molar-refractivity contribution in [1.82, 2.24) is 4.90 Å². The molecule has 0 saturated carbocycles. The van der Waals surface area contributed by atoms with Gasteiger partial charge in [0.15, 0.2) is 0 Å². The Bertz CT molecular complexity index is 574. The van der Waals surface area contributed by atoms with Crippen molar-refractivity contribution < 1.29 is 22.8 Å². The zero-order valence-corrected chi connectivity index (χ0v) is 13.0. The first-order valence-corrected chi connectivity index (χ1v) is 6.84. The molecule has 1 aromatic rings. The quantitative estimate of drug-likeness (QED) is 0.914. The molecule has 1 N–H and O–H groups in total. The van der Waals surface area contributed by atoms with E-state index in [1.165, 1.54) is 17.9 Å². The molecule has 1 rings (SSSR count). The van der Waals surface area contributed by atoms with Crippen LogP contribution in [0, 0.1) is 0 Å². The van der Waals surface area contributed by atoms with Crippen molar-refractivity contribution in [3.8, 4) is 0 Å². The number of anilines is 1. The number of rotatable bonds is 4. The van der Waals surface area contributed by atoms with Gasteiger partial charge >= 0.3 is 6.18 Å². The van der Waals surface area contributed by atoms with Crippen molar-refractivity contribution in [2.45, 2.75) is 33.0 Å². The fourth-order valence-electron chi connectivity index (χ4n) is 1.86. The molecule has 0 aliphatic heterocycles. The van der Waals surface area contributed by atoms with Gasteiger partial charge in [-0.3, -0.25) is 9.59 Å². The summed E-state index contributed by atoms with van der Waals surface area (Å²) in [5, 5.41) is 2.09. The van der Waals surface area contributed by atoms with E-state index in [-0.39, 0.29) is 23.5 Å². The predicted molar refractivity (Wildman–Crippen MR) is 77.6 cm³/mol. The molecular weight excluding hydrogens is 321 g/mol. The molecule has 0 unspecified atom stereocenters. The summed E-state index contributed by atoms with van der Waals surface area (Å²) in [6.45, 7) is 4.37. The Morgan fingerprint density at radius 1 is 1.32 bits per heavy atom.